The monoisotopic (exact) mass is 522 g/mol. The fourth-order valence-electron chi connectivity index (χ4n) is 3.14. The number of anilines is 1. The molecule has 3 aromatic rings. The molecule has 12 heteroatoms. The van der Waals surface area contributed by atoms with Gasteiger partial charge in [0.2, 0.25) is 0 Å². The van der Waals surface area contributed by atoms with Crippen molar-refractivity contribution < 1.29 is 28.2 Å². The average Bonchev–Trinajstić information content (AvgIpc) is 3.26. The molecule has 2 N–H and O–H groups in total. The van der Waals surface area contributed by atoms with Crippen molar-refractivity contribution in [2.75, 3.05) is 26.1 Å². The predicted molar refractivity (Wildman–Crippen MR) is 131 cm³/mol. The van der Waals surface area contributed by atoms with Crippen LogP contribution in [0.2, 0.25) is 5.02 Å². The lowest BCUT2D eigenvalue weighted by molar-refractivity contribution is -0.141. The average molecular weight is 523 g/mol. The number of aromatic nitrogens is 1. The number of thiazole rings is 1. The molecular formula is C23H24ClFN4O5S. The van der Waals surface area contributed by atoms with Gasteiger partial charge in [0, 0.05) is 20.0 Å². The minimum atomic E-state index is -0.743. The fourth-order valence-corrected chi connectivity index (χ4v) is 4.19. The molecule has 3 rings (SSSR count). The minimum Gasteiger partial charge on any atom is -0.469 e. The Labute approximate surface area is 210 Å². The number of urea groups is 1. The molecule has 0 aliphatic rings. The van der Waals surface area contributed by atoms with Crippen molar-refractivity contribution in [1.82, 2.24) is 15.2 Å². The first-order chi connectivity index (χ1) is 16.8. The van der Waals surface area contributed by atoms with Gasteiger partial charge in [-0.1, -0.05) is 47.2 Å². The fraction of sp³-hybridized carbons (Fsp3) is 0.304. The Bertz CT molecular complexity index is 1170. The van der Waals surface area contributed by atoms with E-state index in [0.29, 0.717) is 10.7 Å². The molecule has 186 valence electrons. The molecule has 0 fully saturated rings. The highest BCUT2D eigenvalue weighted by Gasteiger charge is 2.23. The zero-order valence-corrected chi connectivity index (χ0v) is 20.6. The lowest BCUT2D eigenvalue weighted by Crippen LogP contribution is -2.46. The summed E-state index contributed by atoms with van der Waals surface area (Å²) in [5.41, 5.74) is 1.16. The third kappa shape index (κ3) is 7.27. The molecule has 1 unspecified atom stereocenters. The van der Waals surface area contributed by atoms with Crippen molar-refractivity contribution in [3.8, 4) is 0 Å². The van der Waals surface area contributed by atoms with E-state index in [2.05, 4.69) is 20.4 Å². The third-order valence-corrected chi connectivity index (χ3v) is 6.52. The Morgan fingerprint density at radius 1 is 1.20 bits per heavy atom. The Hall–Kier alpha value is -3.44. The van der Waals surface area contributed by atoms with Gasteiger partial charge < -0.3 is 19.7 Å². The lowest BCUT2D eigenvalue weighted by Gasteiger charge is -2.28. The molecule has 3 amide bonds. The van der Waals surface area contributed by atoms with Gasteiger partial charge in [-0.2, -0.15) is 0 Å². The molecule has 1 atom stereocenters. The Balaban J connectivity index is 1.59. The summed E-state index contributed by atoms with van der Waals surface area (Å²) in [5.74, 6) is -1.05. The second-order valence-electron chi connectivity index (χ2n) is 7.46. The minimum absolute atomic E-state index is 0.0113. The van der Waals surface area contributed by atoms with Gasteiger partial charge in [-0.25, -0.2) is 19.0 Å². The van der Waals surface area contributed by atoms with Crippen LogP contribution in [0.5, 0.6) is 0 Å². The number of esters is 1. The molecule has 0 saturated heterocycles. The summed E-state index contributed by atoms with van der Waals surface area (Å²) < 4.78 is 24.5. The van der Waals surface area contributed by atoms with Crippen LogP contribution in [-0.4, -0.2) is 54.8 Å². The number of amides is 3. The number of nitrogens with zero attached hydrogens (tertiary/aromatic N) is 2. The number of para-hydroxylation sites is 1. The van der Waals surface area contributed by atoms with Crippen LogP contribution < -0.4 is 10.6 Å². The van der Waals surface area contributed by atoms with Crippen LogP contribution in [0.15, 0.2) is 42.5 Å². The number of hydrogen-bond donors (Lipinski definition) is 2. The van der Waals surface area contributed by atoms with Gasteiger partial charge in [-0.05, 0) is 30.2 Å². The second-order valence-corrected chi connectivity index (χ2v) is 8.87. The van der Waals surface area contributed by atoms with E-state index in [0.717, 1.165) is 10.2 Å². The van der Waals surface area contributed by atoms with Crippen LogP contribution in [0.25, 0.3) is 10.2 Å². The Kier molecular flexibility index (Phi) is 9.21. The zero-order chi connectivity index (χ0) is 25.4. The molecule has 0 spiro atoms. The van der Waals surface area contributed by atoms with Crippen molar-refractivity contribution >= 4 is 56.4 Å². The Morgan fingerprint density at radius 2 is 1.97 bits per heavy atom. The maximum Gasteiger partial charge on any atom is 0.413 e. The molecule has 0 aliphatic carbocycles. The molecule has 2 aromatic carbocycles. The van der Waals surface area contributed by atoms with E-state index in [9.17, 15) is 18.8 Å². The van der Waals surface area contributed by atoms with E-state index in [1.165, 1.54) is 42.5 Å². The van der Waals surface area contributed by atoms with Crippen LogP contribution in [0.4, 0.5) is 19.1 Å². The standard InChI is InChI=1S/C23H24ClFN4O5S/c1-29(22(31)26-12-14-6-5-7-16(25)20(14)24)15(10-11-19(30)33-2)13-34-23(32)28-21-27-17-8-3-4-9-18(17)35-21/h3-9,15H,10-13H2,1-2H3,(H,26,31)(H,27,28,32). The number of likely N-dealkylation sites (N-methyl/N-ethyl adjacent to an activating group) is 1. The first kappa shape index (κ1) is 26.2. The molecule has 1 heterocycles. The van der Waals surface area contributed by atoms with Crippen molar-refractivity contribution in [3.05, 3.63) is 58.9 Å². The van der Waals surface area contributed by atoms with E-state index in [1.807, 2.05) is 24.3 Å². The van der Waals surface area contributed by atoms with Crippen molar-refractivity contribution in [1.29, 1.82) is 0 Å². The van der Waals surface area contributed by atoms with Crippen LogP contribution in [0, 0.1) is 5.82 Å². The van der Waals surface area contributed by atoms with E-state index >= 15 is 0 Å². The number of carbonyl (C=O) groups excluding carboxylic acids is 3. The highest BCUT2D eigenvalue weighted by atomic mass is 35.5. The van der Waals surface area contributed by atoms with Gasteiger partial charge in [-0.15, -0.1) is 0 Å². The van der Waals surface area contributed by atoms with E-state index < -0.39 is 30.0 Å². The van der Waals surface area contributed by atoms with E-state index in [-0.39, 0.29) is 31.0 Å². The normalized spacial score (nSPS) is 11.5. The molecule has 9 nitrogen and oxygen atoms in total. The third-order valence-electron chi connectivity index (χ3n) is 5.15. The number of ether oxygens (including phenoxy) is 2. The molecule has 0 aliphatic heterocycles. The zero-order valence-electron chi connectivity index (χ0n) is 19.0. The molecule has 0 saturated carbocycles. The van der Waals surface area contributed by atoms with Crippen molar-refractivity contribution in [3.63, 3.8) is 0 Å². The summed E-state index contributed by atoms with van der Waals surface area (Å²) in [4.78, 5) is 42.3. The molecule has 0 bridgehead atoms. The van der Waals surface area contributed by atoms with Gasteiger partial charge in [0.15, 0.2) is 5.13 Å². The molecule has 35 heavy (non-hydrogen) atoms. The van der Waals surface area contributed by atoms with Crippen LogP contribution in [0.3, 0.4) is 0 Å². The van der Waals surface area contributed by atoms with Gasteiger partial charge in [0.05, 0.1) is 28.4 Å². The number of nitrogens with one attached hydrogen (secondary N) is 2. The van der Waals surface area contributed by atoms with Gasteiger partial charge >= 0.3 is 18.1 Å². The number of hydrogen-bond acceptors (Lipinski definition) is 7. The van der Waals surface area contributed by atoms with Gasteiger partial charge in [0.25, 0.3) is 0 Å². The van der Waals surface area contributed by atoms with Crippen LogP contribution in [-0.2, 0) is 20.8 Å². The summed E-state index contributed by atoms with van der Waals surface area (Å²) in [6.07, 6.45) is -0.546. The summed E-state index contributed by atoms with van der Waals surface area (Å²) in [5, 5.41) is 5.52. The first-order valence-corrected chi connectivity index (χ1v) is 11.8. The maximum absolute atomic E-state index is 13.6. The van der Waals surface area contributed by atoms with E-state index in [1.54, 1.807) is 6.07 Å². The first-order valence-electron chi connectivity index (χ1n) is 10.6. The number of rotatable bonds is 9. The lowest BCUT2D eigenvalue weighted by atomic mass is 10.1. The summed E-state index contributed by atoms with van der Waals surface area (Å²) in [6, 6.07) is 10.6. The quantitative estimate of drug-likeness (QED) is 0.391. The molecule has 0 radical (unpaired) electrons. The highest BCUT2D eigenvalue weighted by Crippen LogP contribution is 2.25. The number of methoxy groups -OCH3 is 1. The molecule has 1 aromatic heterocycles. The molecular weight excluding hydrogens is 499 g/mol. The number of carbonyl (C=O) groups is 3. The van der Waals surface area contributed by atoms with Gasteiger partial charge in [0.1, 0.15) is 12.4 Å². The van der Waals surface area contributed by atoms with Crippen LogP contribution in [0.1, 0.15) is 18.4 Å². The van der Waals surface area contributed by atoms with Crippen molar-refractivity contribution in [2.45, 2.75) is 25.4 Å². The topological polar surface area (TPSA) is 110 Å². The maximum atomic E-state index is 13.6. The van der Waals surface area contributed by atoms with Gasteiger partial charge in [-0.3, -0.25) is 10.1 Å². The summed E-state index contributed by atoms with van der Waals surface area (Å²) in [6.45, 7) is -0.194. The SMILES string of the molecule is COC(=O)CCC(COC(=O)Nc1nc2ccccc2s1)N(C)C(=O)NCc1cccc(F)c1Cl. The number of fused-ring (bicyclic) bond motifs is 1. The smallest absolute Gasteiger partial charge is 0.413 e. The largest absolute Gasteiger partial charge is 0.469 e. The van der Waals surface area contributed by atoms with Crippen molar-refractivity contribution in [2.24, 2.45) is 0 Å². The van der Waals surface area contributed by atoms with E-state index in [4.69, 9.17) is 16.3 Å². The number of benzene rings is 2. The second kappa shape index (κ2) is 12.3. The summed E-state index contributed by atoms with van der Waals surface area (Å²) >= 11 is 7.23. The highest BCUT2D eigenvalue weighted by molar-refractivity contribution is 7.22. The Morgan fingerprint density at radius 3 is 2.71 bits per heavy atom. The van der Waals surface area contributed by atoms with Crippen LogP contribution >= 0.6 is 22.9 Å². The predicted octanol–water partition coefficient (Wildman–Crippen LogP) is 4.80. The summed E-state index contributed by atoms with van der Waals surface area (Å²) in [7, 11) is 2.76. The number of halogens is 2.